The van der Waals surface area contributed by atoms with Crippen molar-refractivity contribution in [1.29, 1.82) is 0 Å². The summed E-state index contributed by atoms with van der Waals surface area (Å²) in [6.07, 6.45) is 0. The van der Waals surface area contributed by atoms with Crippen LogP contribution in [-0.4, -0.2) is 25.8 Å². The smallest absolute Gasteiger partial charge is 0.196 e. The molecule has 1 aromatic heterocycles. The molecule has 1 heterocycles. The summed E-state index contributed by atoms with van der Waals surface area (Å²) in [5.74, 6) is 0.316. The highest BCUT2D eigenvalue weighted by atomic mass is 32.2. The van der Waals surface area contributed by atoms with Gasteiger partial charge in [-0.2, -0.15) is 0 Å². The van der Waals surface area contributed by atoms with Gasteiger partial charge in [0.1, 0.15) is 5.82 Å². The van der Waals surface area contributed by atoms with E-state index in [2.05, 4.69) is 10.2 Å². The zero-order valence-corrected chi connectivity index (χ0v) is 16.5. The first-order valence-corrected chi connectivity index (χ1v) is 10.0. The zero-order valence-electron chi connectivity index (χ0n) is 15.7. The Morgan fingerprint density at radius 3 is 2.17 bits per heavy atom. The van der Waals surface area contributed by atoms with E-state index in [1.54, 1.807) is 12.1 Å². The maximum absolute atomic E-state index is 13.4. The molecule has 0 unspecified atom stereocenters. The Labute approximate surface area is 172 Å². The lowest BCUT2D eigenvalue weighted by Gasteiger charge is -2.13. The third kappa shape index (κ3) is 4.12. The number of hydrogen-bond acceptors (Lipinski definition) is 4. The molecule has 0 fully saturated rings. The Kier molecular flexibility index (Phi) is 5.53. The Hall–Kier alpha value is -3.25. The third-order valence-electron chi connectivity index (χ3n) is 4.46. The van der Waals surface area contributed by atoms with E-state index in [4.69, 9.17) is 0 Å². The lowest BCUT2D eigenvalue weighted by atomic mass is 10.1. The summed E-state index contributed by atoms with van der Waals surface area (Å²) in [5.41, 5.74) is 2.28. The van der Waals surface area contributed by atoms with Gasteiger partial charge in [-0.15, -0.1) is 10.2 Å². The Bertz CT molecular complexity index is 1110. The van der Waals surface area contributed by atoms with Gasteiger partial charge in [-0.05, 0) is 43.3 Å². The molecule has 0 aliphatic rings. The van der Waals surface area contributed by atoms with Crippen LogP contribution in [0.15, 0.2) is 90.1 Å². The van der Waals surface area contributed by atoms with Gasteiger partial charge in [-0.3, -0.25) is 9.36 Å². The number of carbonyl (C=O) groups is 1. The van der Waals surface area contributed by atoms with Crippen molar-refractivity contribution in [3.63, 3.8) is 0 Å². The highest BCUT2D eigenvalue weighted by Gasteiger charge is 2.22. The van der Waals surface area contributed by atoms with E-state index >= 15 is 0 Å². The molecule has 0 N–H and O–H groups in total. The highest BCUT2D eigenvalue weighted by Crippen LogP contribution is 2.31. The molecule has 4 rings (SSSR count). The number of ketones is 1. The van der Waals surface area contributed by atoms with Crippen molar-refractivity contribution < 1.29 is 9.18 Å². The van der Waals surface area contributed by atoms with Gasteiger partial charge in [0, 0.05) is 16.8 Å². The molecule has 0 saturated heterocycles. The van der Waals surface area contributed by atoms with Crippen molar-refractivity contribution in [3.05, 3.63) is 96.3 Å². The molecule has 144 valence electrons. The fraction of sp³-hybridized carbons (Fsp3) is 0.0870. The van der Waals surface area contributed by atoms with Crippen LogP contribution in [0.25, 0.3) is 17.1 Å². The molecule has 29 heavy (non-hydrogen) atoms. The number of para-hydroxylation sites is 1. The summed E-state index contributed by atoms with van der Waals surface area (Å²) in [7, 11) is 0. The van der Waals surface area contributed by atoms with Crippen LogP contribution < -0.4 is 0 Å². The first kappa shape index (κ1) is 19.1. The molecule has 4 nitrogen and oxygen atoms in total. The topological polar surface area (TPSA) is 47.8 Å². The molecule has 0 saturated carbocycles. The zero-order chi connectivity index (χ0) is 20.2. The minimum Gasteiger partial charge on any atom is -0.293 e. The molecule has 3 aromatic carbocycles. The van der Waals surface area contributed by atoms with Crippen LogP contribution in [0.4, 0.5) is 4.39 Å². The molecule has 0 radical (unpaired) electrons. The largest absolute Gasteiger partial charge is 0.293 e. The molecule has 0 bridgehead atoms. The van der Waals surface area contributed by atoms with Crippen LogP contribution in [0.3, 0.4) is 0 Å². The molecule has 0 spiro atoms. The fourth-order valence-electron chi connectivity index (χ4n) is 2.99. The summed E-state index contributed by atoms with van der Waals surface area (Å²) in [6.45, 7) is 1.86. The number of Topliss-reactive ketones (excluding diaryl/α,β-unsaturated/α-hetero) is 1. The quantitative estimate of drug-likeness (QED) is 0.318. The van der Waals surface area contributed by atoms with Crippen molar-refractivity contribution in [3.8, 4) is 17.1 Å². The third-order valence-corrected chi connectivity index (χ3v) is 5.50. The van der Waals surface area contributed by atoms with Crippen LogP contribution in [0.1, 0.15) is 17.3 Å². The molecule has 0 aliphatic carbocycles. The van der Waals surface area contributed by atoms with Crippen LogP contribution in [0.2, 0.25) is 0 Å². The summed E-state index contributed by atoms with van der Waals surface area (Å²) < 4.78 is 15.3. The van der Waals surface area contributed by atoms with Crippen molar-refractivity contribution in [1.82, 2.24) is 14.8 Å². The average molecular weight is 403 g/mol. The summed E-state index contributed by atoms with van der Waals surface area (Å²) in [6, 6.07) is 25.0. The van der Waals surface area contributed by atoms with Crippen molar-refractivity contribution >= 4 is 17.5 Å². The minimum atomic E-state index is -0.342. The van der Waals surface area contributed by atoms with Gasteiger partial charge in [0.15, 0.2) is 16.8 Å². The number of aromatic nitrogens is 3. The van der Waals surface area contributed by atoms with Gasteiger partial charge in [0.2, 0.25) is 0 Å². The predicted octanol–water partition coefficient (Wildman–Crippen LogP) is 5.44. The van der Waals surface area contributed by atoms with Crippen molar-refractivity contribution in [2.24, 2.45) is 0 Å². The molecule has 0 aliphatic heterocycles. The average Bonchev–Trinajstić information content (AvgIpc) is 3.18. The van der Waals surface area contributed by atoms with Crippen molar-refractivity contribution in [2.45, 2.75) is 17.3 Å². The number of benzene rings is 3. The van der Waals surface area contributed by atoms with E-state index in [0.717, 1.165) is 11.3 Å². The van der Waals surface area contributed by atoms with Crippen LogP contribution in [0.5, 0.6) is 0 Å². The van der Waals surface area contributed by atoms with Gasteiger partial charge in [0.05, 0.1) is 5.25 Å². The van der Waals surface area contributed by atoms with E-state index in [1.165, 1.54) is 23.9 Å². The maximum atomic E-state index is 13.4. The van der Waals surface area contributed by atoms with Crippen LogP contribution in [0, 0.1) is 5.82 Å². The Morgan fingerprint density at radius 2 is 1.52 bits per heavy atom. The first-order valence-electron chi connectivity index (χ1n) is 9.16. The number of thioether (sulfide) groups is 1. The minimum absolute atomic E-state index is 0.0292. The van der Waals surface area contributed by atoms with Gasteiger partial charge in [-0.25, -0.2) is 4.39 Å². The Morgan fingerprint density at radius 1 is 0.897 bits per heavy atom. The molecular formula is C23H18FN3OS. The first-order chi connectivity index (χ1) is 14.1. The fourth-order valence-corrected chi connectivity index (χ4v) is 3.94. The van der Waals surface area contributed by atoms with E-state index in [0.29, 0.717) is 16.5 Å². The number of nitrogens with zero attached hydrogens (tertiary/aromatic N) is 3. The summed E-state index contributed by atoms with van der Waals surface area (Å²) in [4.78, 5) is 12.8. The van der Waals surface area contributed by atoms with E-state index in [9.17, 15) is 9.18 Å². The Balaban J connectivity index is 1.72. The van der Waals surface area contributed by atoms with Crippen LogP contribution >= 0.6 is 11.8 Å². The SMILES string of the molecule is C[C@@H](Sc1nnc(-c2ccc(F)cc2)n1-c1ccccc1)C(=O)c1ccccc1. The summed E-state index contributed by atoms with van der Waals surface area (Å²) >= 11 is 1.35. The van der Waals surface area contributed by atoms with Crippen molar-refractivity contribution in [2.75, 3.05) is 0 Å². The van der Waals surface area contributed by atoms with Gasteiger partial charge < -0.3 is 0 Å². The van der Waals surface area contributed by atoms with Gasteiger partial charge in [0.25, 0.3) is 0 Å². The van der Waals surface area contributed by atoms with E-state index in [-0.39, 0.29) is 16.9 Å². The monoisotopic (exact) mass is 403 g/mol. The number of halogens is 1. The van der Waals surface area contributed by atoms with Gasteiger partial charge >= 0.3 is 0 Å². The summed E-state index contributed by atoms with van der Waals surface area (Å²) in [5, 5.41) is 8.93. The number of carbonyl (C=O) groups excluding carboxylic acids is 1. The molecule has 4 aromatic rings. The lowest BCUT2D eigenvalue weighted by Crippen LogP contribution is -2.14. The second-order valence-electron chi connectivity index (χ2n) is 6.47. The van der Waals surface area contributed by atoms with E-state index in [1.807, 2.05) is 72.2 Å². The predicted molar refractivity (Wildman–Crippen MR) is 113 cm³/mol. The maximum Gasteiger partial charge on any atom is 0.196 e. The second-order valence-corrected chi connectivity index (χ2v) is 7.78. The molecule has 1 atom stereocenters. The van der Waals surface area contributed by atoms with Crippen LogP contribution in [-0.2, 0) is 0 Å². The van der Waals surface area contributed by atoms with Gasteiger partial charge in [-0.1, -0.05) is 60.3 Å². The second kappa shape index (κ2) is 8.41. The number of rotatable bonds is 6. The lowest BCUT2D eigenvalue weighted by molar-refractivity contribution is 0.0994. The molecule has 6 heteroatoms. The number of hydrogen-bond donors (Lipinski definition) is 0. The highest BCUT2D eigenvalue weighted by molar-refractivity contribution is 8.00. The molecular weight excluding hydrogens is 385 g/mol. The van der Waals surface area contributed by atoms with E-state index < -0.39 is 0 Å². The molecule has 0 amide bonds. The standard InChI is InChI=1S/C23H18FN3OS/c1-16(21(28)17-8-4-2-5-9-17)29-23-26-25-22(18-12-14-19(24)15-13-18)27(23)20-10-6-3-7-11-20/h2-16H,1H3/t16-/m1/s1. The normalized spacial score (nSPS) is 11.9.